The van der Waals surface area contributed by atoms with E-state index in [0.29, 0.717) is 33.8 Å². The van der Waals surface area contributed by atoms with Gasteiger partial charge in [-0.15, -0.1) is 0 Å². The van der Waals surface area contributed by atoms with E-state index in [1.807, 2.05) is 12.1 Å². The Balaban J connectivity index is 1.66. The predicted molar refractivity (Wildman–Crippen MR) is 133 cm³/mol. The number of hydrazone groups is 1. The van der Waals surface area contributed by atoms with E-state index in [1.54, 1.807) is 35.3 Å². The SMILES string of the molecule is CS(=O)(=O)O[N+]1(NC(=O)C2=NN(c3ccc(Cl)cc3Cl)[C@H](c3ccc(Cl)cc3)C2)CCCCC1. The third-order valence-electron chi connectivity index (χ3n) is 5.71. The summed E-state index contributed by atoms with van der Waals surface area (Å²) in [6.45, 7) is 0.693. The number of amides is 1. The fourth-order valence-electron chi connectivity index (χ4n) is 4.22. The van der Waals surface area contributed by atoms with E-state index in [9.17, 15) is 13.2 Å². The van der Waals surface area contributed by atoms with Gasteiger partial charge >= 0.3 is 16.0 Å². The van der Waals surface area contributed by atoms with Crippen LogP contribution in [0.15, 0.2) is 47.6 Å². The van der Waals surface area contributed by atoms with E-state index in [0.717, 1.165) is 31.1 Å². The lowest BCUT2D eigenvalue weighted by molar-refractivity contribution is -1.11. The Morgan fingerprint density at radius 3 is 2.32 bits per heavy atom. The van der Waals surface area contributed by atoms with Crippen molar-refractivity contribution in [3.63, 3.8) is 0 Å². The molecule has 2 aromatic rings. The van der Waals surface area contributed by atoms with Gasteiger partial charge in [-0.3, -0.25) is 9.80 Å². The van der Waals surface area contributed by atoms with Gasteiger partial charge in [0.05, 0.1) is 23.0 Å². The zero-order valence-electron chi connectivity index (χ0n) is 18.4. The molecule has 0 unspecified atom stereocenters. The first kappa shape index (κ1) is 25.2. The van der Waals surface area contributed by atoms with Gasteiger partial charge in [0, 0.05) is 29.3 Å². The second kappa shape index (κ2) is 10.0. The molecule has 182 valence electrons. The monoisotopic (exact) mass is 545 g/mol. The molecule has 1 fully saturated rings. The summed E-state index contributed by atoms with van der Waals surface area (Å²) in [6, 6.07) is 12.0. The molecule has 1 saturated heterocycles. The van der Waals surface area contributed by atoms with Crippen LogP contribution in [0.3, 0.4) is 0 Å². The number of halogens is 3. The maximum absolute atomic E-state index is 13.3. The minimum Gasteiger partial charge on any atom is -0.263 e. The Kier molecular flexibility index (Phi) is 7.42. The maximum atomic E-state index is 13.3. The van der Waals surface area contributed by atoms with Crippen LogP contribution < -0.4 is 10.4 Å². The fraction of sp³-hybridized carbons (Fsp3) is 0.364. The number of rotatable bonds is 6. The summed E-state index contributed by atoms with van der Waals surface area (Å²) in [4.78, 5) is 13.3. The third kappa shape index (κ3) is 5.84. The Labute approximate surface area is 213 Å². The molecule has 0 radical (unpaired) electrons. The number of hydrogen-bond donors (Lipinski definition) is 1. The van der Waals surface area contributed by atoms with E-state index in [-0.39, 0.29) is 18.2 Å². The molecule has 2 heterocycles. The summed E-state index contributed by atoms with van der Waals surface area (Å²) in [5.41, 5.74) is 4.47. The van der Waals surface area contributed by atoms with E-state index in [1.165, 1.54) is 0 Å². The number of carbonyl (C=O) groups excluding carboxylic acids is 1. The van der Waals surface area contributed by atoms with Gasteiger partial charge in [-0.05, 0) is 46.6 Å². The van der Waals surface area contributed by atoms with Crippen molar-refractivity contribution in [2.24, 2.45) is 5.10 Å². The molecule has 4 rings (SSSR count). The van der Waals surface area contributed by atoms with Crippen LogP contribution in [0.1, 0.15) is 37.3 Å². The maximum Gasteiger partial charge on any atom is 0.315 e. The fourth-order valence-corrected chi connectivity index (χ4v) is 5.54. The Bertz CT molecular complexity index is 1220. The Morgan fingerprint density at radius 1 is 1.06 bits per heavy atom. The highest BCUT2D eigenvalue weighted by Crippen LogP contribution is 2.40. The largest absolute Gasteiger partial charge is 0.315 e. The summed E-state index contributed by atoms with van der Waals surface area (Å²) >= 11 is 18.6. The summed E-state index contributed by atoms with van der Waals surface area (Å²) < 4.78 is 28.7. The van der Waals surface area contributed by atoms with Crippen molar-refractivity contribution in [1.29, 1.82) is 0 Å². The molecule has 2 aliphatic rings. The van der Waals surface area contributed by atoms with Gasteiger partial charge in [0.2, 0.25) is 0 Å². The number of carbonyl (C=O) groups is 1. The molecule has 0 aromatic heterocycles. The van der Waals surface area contributed by atoms with Gasteiger partial charge in [0.25, 0.3) is 0 Å². The van der Waals surface area contributed by atoms with Crippen LogP contribution in [0.25, 0.3) is 0 Å². The van der Waals surface area contributed by atoms with Crippen LogP contribution in [0.2, 0.25) is 15.1 Å². The lowest BCUT2D eigenvalue weighted by atomic mass is 10.0. The molecule has 1 amide bonds. The number of nitrogens with zero attached hydrogens (tertiary/aromatic N) is 3. The molecule has 0 bridgehead atoms. The van der Waals surface area contributed by atoms with E-state index in [4.69, 9.17) is 39.1 Å². The van der Waals surface area contributed by atoms with Gasteiger partial charge in [-0.2, -0.15) is 18.9 Å². The van der Waals surface area contributed by atoms with Crippen molar-refractivity contribution in [1.82, 2.24) is 5.43 Å². The van der Waals surface area contributed by atoms with Crippen LogP contribution in [0.4, 0.5) is 5.69 Å². The van der Waals surface area contributed by atoms with Crippen molar-refractivity contribution in [2.45, 2.75) is 31.7 Å². The number of hydroxylamine groups is 2. The van der Waals surface area contributed by atoms with Gasteiger partial charge in [-0.1, -0.05) is 51.7 Å². The minimum absolute atomic E-state index is 0.228. The van der Waals surface area contributed by atoms with Crippen LogP contribution in [0.5, 0.6) is 0 Å². The zero-order chi connectivity index (χ0) is 24.5. The summed E-state index contributed by atoms with van der Waals surface area (Å²) in [6.07, 6.45) is 3.63. The number of piperidine rings is 1. The smallest absolute Gasteiger partial charge is 0.263 e. The van der Waals surface area contributed by atoms with E-state index in [2.05, 4.69) is 10.5 Å². The number of hydrogen-bond acceptors (Lipinski definition) is 6. The van der Waals surface area contributed by atoms with Gasteiger partial charge in [0.1, 0.15) is 18.8 Å². The average Bonchev–Trinajstić information content (AvgIpc) is 3.19. The third-order valence-corrected chi connectivity index (χ3v) is 7.05. The normalized spacial score (nSPS) is 20.2. The molecule has 1 atom stereocenters. The van der Waals surface area contributed by atoms with Gasteiger partial charge < -0.3 is 0 Å². The molecular weight excluding hydrogens is 523 g/mol. The standard InChI is InChI=1S/C22H23Cl3N4O4S/c1-34(31,32)33-29(11-3-2-4-12-29)27-22(30)19-14-21(15-5-7-16(23)8-6-15)28(26-19)20-10-9-17(24)13-18(20)25/h5-10,13,21H,2-4,11-12,14H2,1H3/p+1/t21-/m0/s1. The molecule has 1 N–H and O–H groups in total. The van der Waals surface area contributed by atoms with Gasteiger partial charge in [-0.25, -0.2) is 0 Å². The van der Waals surface area contributed by atoms with E-state index >= 15 is 0 Å². The van der Waals surface area contributed by atoms with Crippen LogP contribution in [0, 0.1) is 0 Å². The van der Waals surface area contributed by atoms with Crippen molar-refractivity contribution >= 4 is 62.2 Å². The lowest BCUT2D eigenvalue weighted by Crippen LogP contribution is -2.63. The average molecular weight is 547 g/mol. The first-order valence-corrected chi connectivity index (χ1v) is 13.7. The first-order chi connectivity index (χ1) is 16.1. The molecule has 0 saturated carbocycles. The zero-order valence-corrected chi connectivity index (χ0v) is 21.5. The summed E-state index contributed by atoms with van der Waals surface area (Å²) in [5, 5.41) is 7.71. The molecule has 0 aliphatic carbocycles. The Morgan fingerprint density at radius 2 is 1.71 bits per heavy atom. The molecule has 34 heavy (non-hydrogen) atoms. The quantitative estimate of drug-likeness (QED) is 0.522. The highest BCUT2D eigenvalue weighted by molar-refractivity contribution is 7.85. The number of anilines is 1. The predicted octanol–water partition coefficient (Wildman–Crippen LogP) is 4.88. The topological polar surface area (TPSA) is 88.1 Å². The number of quaternary nitrogens is 1. The molecular formula is C22H24Cl3N4O4S+. The van der Waals surface area contributed by atoms with Gasteiger partial charge in [0.15, 0.2) is 0 Å². The highest BCUT2D eigenvalue weighted by Gasteiger charge is 2.42. The van der Waals surface area contributed by atoms with Crippen molar-refractivity contribution in [3.8, 4) is 0 Å². The first-order valence-electron chi connectivity index (χ1n) is 10.7. The van der Waals surface area contributed by atoms with Crippen molar-refractivity contribution < 1.29 is 22.3 Å². The highest BCUT2D eigenvalue weighted by atomic mass is 35.5. The molecule has 12 heteroatoms. The summed E-state index contributed by atoms with van der Waals surface area (Å²) in [7, 11) is -3.81. The molecule has 0 spiro atoms. The second-order valence-electron chi connectivity index (χ2n) is 8.38. The van der Waals surface area contributed by atoms with E-state index < -0.39 is 20.8 Å². The molecule has 2 aromatic carbocycles. The lowest BCUT2D eigenvalue weighted by Gasteiger charge is -2.35. The Hall–Kier alpha value is -1.88. The number of nitrogens with one attached hydrogen (secondary N) is 1. The second-order valence-corrected chi connectivity index (χ2v) is 11.2. The van der Waals surface area contributed by atoms with Crippen molar-refractivity contribution in [2.75, 3.05) is 24.4 Å². The van der Waals surface area contributed by atoms with Crippen LogP contribution in [-0.4, -0.2) is 44.1 Å². The minimum atomic E-state index is -3.81. The molecule has 2 aliphatic heterocycles. The van der Waals surface area contributed by atoms with Crippen LogP contribution in [-0.2, 0) is 19.2 Å². The summed E-state index contributed by atoms with van der Waals surface area (Å²) in [5.74, 6) is -0.503. The van der Waals surface area contributed by atoms with Crippen LogP contribution >= 0.6 is 34.8 Å². The number of benzene rings is 2. The molecule has 8 nitrogen and oxygen atoms in total. The van der Waals surface area contributed by atoms with Crippen molar-refractivity contribution in [3.05, 3.63) is 63.1 Å².